The number of hydrogen-bond acceptors (Lipinski definition) is 4. The Bertz CT molecular complexity index is 672. The van der Waals surface area contributed by atoms with Crippen LogP contribution in [0.25, 0.3) is 0 Å². The van der Waals surface area contributed by atoms with Gasteiger partial charge in [-0.05, 0) is 30.9 Å². The van der Waals surface area contributed by atoms with E-state index in [0.717, 1.165) is 25.3 Å². The molecule has 0 radical (unpaired) electrons. The summed E-state index contributed by atoms with van der Waals surface area (Å²) in [7, 11) is 0. The summed E-state index contributed by atoms with van der Waals surface area (Å²) in [5, 5.41) is 9.11. The highest BCUT2D eigenvalue weighted by molar-refractivity contribution is 5.65. The van der Waals surface area contributed by atoms with Crippen molar-refractivity contribution in [3.63, 3.8) is 0 Å². The summed E-state index contributed by atoms with van der Waals surface area (Å²) < 4.78 is 20.1. The smallest absolute Gasteiger partial charge is 0.407 e. The molecule has 26 heavy (non-hydrogen) atoms. The highest BCUT2D eigenvalue weighted by atomic mass is 19.1. The van der Waals surface area contributed by atoms with Crippen LogP contribution in [-0.4, -0.2) is 73.0 Å². The molecule has 3 aliphatic rings. The van der Waals surface area contributed by atoms with Crippen LogP contribution < -0.4 is 4.90 Å². The van der Waals surface area contributed by atoms with Crippen LogP contribution in [0.1, 0.15) is 12.5 Å². The van der Waals surface area contributed by atoms with Gasteiger partial charge in [0.1, 0.15) is 5.82 Å². The van der Waals surface area contributed by atoms with Gasteiger partial charge in [-0.25, -0.2) is 9.18 Å². The summed E-state index contributed by atoms with van der Waals surface area (Å²) in [6.45, 7) is 7.71. The molecular weight excluding hydrogens is 337 g/mol. The molecule has 1 aromatic rings. The maximum Gasteiger partial charge on any atom is 0.407 e. The third-order valence-corrected chi connectivity index (χ3v) is 5.96. The van der Waals surface area contributed by atoms with E-state index < -0.39 is 6.09 Å². The van der Waals surface area contributed by atoms with Crippen molar-refractivity contribution < 1.29 is 19.0 Å². The van der Waals surface area contributed by atoms with Crippen molar-refractivity contribution in [3.05, 3.63) is 29.6 Å². The predicted molar refractivity (Wildman–Crippen MR) is 95.9 cm³/mol. The van der Waals surface area contributed by atoms with Gasteiger partial charge in [-0.3, -0.25) is 4.90 Å². The monoisotopic (exact) mass is 363 g/mol. The summed E-state index contributed by atoms with van der Waals surface area (Å²) in [6.07, 6.45) is -0.829. The van der Waals surface area contributed by atoms with E-state index in [4.69, 9.17) is 9.84 Å². The van der Waals surface area contributed by atoms with E-state index in [1.54, 1.807) is 6.07 Å². The molecule has 1 amide bonds. The number of morpholine rings is 1. The fourth-order valence-corrected chi connectivity index (χ4v) is 4.57. The first-order chi connectivity index (χ1) is 12.5. The molecule has 3 saturated heterocycles. The Morgan fingerprint density at radius 1 is 1.27 bits per heavy atom. The van der Waals surface area contributed by atoms with Gasteiger partial charge in [-0.15, -0.1) is 0 Å². The minimum absolute atomic E-state index is 0.162. The number of fused-ring (bicyclic) bond motifs is 1. The van der Waals surface area contributed by atoms with Crippen molar-refractivity contribution in [1.82, 2.24) is 9.80 Å². The molecule has 3 fully saturated rings. The Labute approximate surface area is 153 Å². The minimum atomic E-state index is -0.829. The van der Waals surface area contributed by atoms with Crippen LogP contribution in [0.2, 0.25) is 0 Å². The molecule has 7 heteroatoms. The number of rotatable bonds is 3. The van der Waals surface area contributed by atoms with Crippen molar-refractivity contribution in [1.29, 1.82) is 0 Å². The van der Waals surface area contributed by atoms with Gasteiger partial charge in [0.2, 0.25) is 0 Å². The van der Waals surface area contributed by atoms with E-state index in [0.29, 0.717) is 50.2 Å². The third-order valence-electron chi connectivity index (χ3n) is 5.96. The van der Waals surface area contributed by atoms with E-state index in [2.05, 4.69) is 16.7 Å². The topological polar surface area (TPSA) is 56.2 Å². The molecule has 1 N–H and O–H groups in total. The standard InChI is InChI=1S/C19H26FN3O3/c1-13-12-26-5-4-23(13)17-3-2-14(18(20)6-17)7-21-8-15-10-22(19(24)25)11-16(15)9-21/h2-3,6,13,15-16H,4-5,7-12H2,1H3,(H,24,25). The second-order valence-corrected chi connectivity index (χ2v) is 7.79. The SMILES string of the molecule is CC1COCCN1c1ccc(CN2CC3CN(C(=O)O)CC3C2)c(F)c1. The summed E-state index contributed by atoms with van der Waals surface area (Å²) in [4.78, 5) is 17.0. The molecule has 0 aromatic heterocycles. The van der Waals surface area contributed by atoms with Gasteiger partial charge in [0.05, 0.1) is 13.2 Å². The van der Waals surface area contributed by atoms with Gasteiger partial charge < -0.3 is 19.6 Å². The maximum absolute atomic E-state index is 14.7. The lowest BCUT2D eigenvalue weighted by Crippen LogP contribution is -2.43. The van der Waals surface area contributed by atoms with Crippen molar-refractivity contribution in [2.45, 2.75) is 19.5 Å². The van der Waals surface area contributed by atoms with Crippen LogP contribution in [-0.2, 0) is 11.3 Å². The number of halogens is 1. The number of carboxylic acid groups (broad SMARTS) is 1. The lowest BCUT2D eigenvalue weighted by atomic mass is 10.0. The van der Waals surface area contributed by atoms with E-state index in [9.17, 15) is 9.18 Å². The molecule has 4 rings (SSSR count). The van der Waals surface area contributed by atoms with E-state index >= 15 is 0 Å². The van der Waals surface area contributed by atoms with Gasteiger partial charge in [0.15, 0.2) is 0 Å². The van der Waals surface area contributed by atoms with Crippen LogP contribution in [0.3, 0.4) is 0 Å². The average molecular weight is 363 g/mol. The highest BCUT2D eigenvalue weighted by Gasteiger charge is 2.41. The lowest BCUT2D eigenvalue weighted by Gasteiger charge is -2.35. The quantitative estimate of drug-likeness (QED) is 0.891. The number of amides is 1. The first-order valence-corrected chi connectivity index (χ1v) is 9.34. The molecule has 3 heterocycles. The zero-order valence-electron chi connectivity index (χ0n) is 15.1. The fraction of sp³-hybridized carbons (Fsp3) is 0.632. The number of ether oxygens (including phenoxy) is 1. The number of hydrogen-bond donors (Lipinski definition) is 1. The molecular formula is C19H26FN3O3. The van der Waals surface area contributed by atoms with Crippen LogP contribution in [0.15, 0.2) is 18.2 Å². The Hall–Kier alpha value is -1.86. The van der Waals surface area contributed by atoms with Gasteiger partial charge in [-0.2, -0.15) is 0 Å². The first kappa shape index (κ1) is 17.5. The molecule has 0 bridgehead atoms. The molecule has 1 aromatic carbocycles. The van der Waals surface area contributed by atoms with Crippen LogP contribution in [0, 0.1) is 17.7 Å². The Kier molecular flexibility index (Phi) is 4.75. The average Bonchev–Trinajstić information content (AvgIpc) is 3.16. The number of carbonyl (C=O) groups is 1. The molecule has 0 saturated carbocycles. The van der Waals surface area contributed by atoms with Gasteiger partial charge in [0.25, 0.3) is 0 Å². The van der Waals surface area contributed by atoms with Crippen LogP contribution in [0.4, 0.5) is 14.9 Å². The summed E-state index contributed by atoms with van der Waals surface area (Å²) >= 11 is 0. The van der Waals surface area contributed by atoms with Crippen molar-refractivity contribution in [3.8, 4) is 0 Å². The number of nitrogens with zero attached hydrogens (tertiary/aromatic N) is 3. The van der Waals surface area contributed by atoms with E-state index in [1.165, 1.54) is 4.90 Å². The summed E-state index contributed by atoms with van der Waals surface area (Å²) in [6, 6.07) is 5.79. The van der Waals surface area contributed by atoms with Gasteiger partial charge in [-0.1, -0.05) is 6.07 Å². The summed E-state index contributed by atoms with van der Waals surface area (Å²) in [5.41, 5.74) is 1.63. The lowest BCUT2D eigenvalue weighted by molar-refractivity contribution is 0.0989. The normalized spacial score (nSPS) is 29.2. The van der Waals surface area contributed by atoms with E-state index in [1.807, 2.05) is 12.1 Å². The van der Waals surface area contributed by atoms with Gasteiger partial charge >= 0.3 is 6.09 Å². The zero-order valence-corrected chi connectivity index (χ0v) is 15.1. The van der Waals surface area contributed by atoms with Crippen LogP contribution >= 0.6 is 0 Å². The Balaban J connectivity index is 1.38. The highest BCUT2D eigenvalue weighted by Crippen LogP contribution is 2.32. The molecule has 3 atom stereocenters. The second kappa shape index (κ2) is 7.04. The van der Waals surface area contributed by atoms with Crippen LogP contribution in [0.5, 0.6) is 0 Å². The minimum Gasteiger partial charge on any atom is -0.465 e. The largest absolute Gasteiger partial charge is 0.465 e. The summed E-state index contributed by atoms with van der Waals surface area (Å²) in [5.74, 6) is 0.593. The second-order valence-electron chi connectivity index (χ2n) is 7.79. The van der Waals surface area contributed by atoms with Crippen molar-refractivity contribution in [2.24, 2.45) is 11.8 Å². The van der Waals surface area contributed by atoms with Crippen molar-refractivity contribution in [2.75, 3.05) is 50.8 Å². The molecule has 3 unspecified atom stereocenters. The third kappa shape index (κ3) is 3.38. The number of anilines is 1. The van der Waals surface area contributed by atoms with Crippen molar-refractivity contribution >= 4 is 11.8 Å². The number of likely N-dealkylation sites (tertiary alicyclic amines) is 2. The molecule has 142 valence electrons. The predicted octanol–water partition coefficient (Wildman–Crippen LogP) is 2.09. The van der Waals surface area contributed by atoms with E-state index in [-0.39, 0.29) is 11.9 Å². The zero-order chi connectivity index (χ0) is 18.3. The molecule has 0 spiro atoms. The molecule has 0 aliphatic carbocycles. The molecule has 3 aliphatic heterocycles. The number of benzene rings is 1. The Morgan fingerprint density at radius 2 is 2.00 bits per heavy atom. The fourth-order valence-electron chi connectivity index (χ4n) is 4.57. The molecule has 6 nitrogen and oxygen atoms in total. The van der Waals surface area contributed by atoms with Gasteiger partial charge in [0, 0.05) is 56.6 Å². The first-order valence-electron chi connectivity index (χ1n) is 9.34. The maximum atomic E-state index is 14.7. The Morgan fingerprint density at radius 3 is 2.62 bits per heavy atom.